The van der Waals surface area contributed by atoms with Crippen LogP contribution < -0.4 is 0 Å². The Morgan fingerprint density at radius 2 is 1.93 bits per heavy atom. The minimum absolute atomic E-state index is 0.167. The van der Waals surface area contributed by atoms with Gasteiger partial charge in [-0.2, -0.15) is 0 Å². The van der Waals surface area contributed by atoms with Crippen LogP contribution in [-0.4, -0.2) is 23.1 Å². The maximum atomic E-state index is 10.1. The Morgan fingerprint density at radius 3 is 2.00 bits per heavy atom. The number of aliphatic carboxylic acids is 1. The van der Waals surface area contributed by atoms with Crippen LogP contribution in [0, 0.1) is 5.92 Å². The first-order chi connectivity index (χ1) is 6.45. The third-order valence-corrected chi connectivity index (χ3v) is 1.51. The van der Waals surface area contributed by atoms with Crippen molar-refractivity contribution in [3.05, 3.63) is 0 Å². The molecule has 0 aliphatic carbocycles. The molecule has 14 heavy (non-hydrogen) atoms. The van der Waals surface area contributed by atoms with Gasteiger partial charge in [0.15, 0.2) is 0 Å². The average Bonchev–Trinajstić information content (AvgIpc) is 2.05. The van der Waals surface area contributed by atoms with Gasteiger partial charge in [-0.1, -0.05) is 20.3 Å². The molecule has 1 atom stereocenters. The summed E-state index contributed by atoms with van der Waals surface area (Å²) in [6.07, 6.45) is 1.74. The maximum Gasteiger partial charge on any atom is 0.403 e. The van der Waals surface area contributed by atoms with Gasteiger partial charge in [-0.3, -0.25) is 4.79 Å². The highest BCUT2D eigenvalue weighted by Gasteiger charge is 2.07. The Bertz CT molecular complexity index is 170. The predicted octanol–water partition coefficient (Wildman–Crippen LogP) is 2.89. The van der Waals surface area contributed by atoms with E-state index in [0.29, 0.717) is 6.61 Å². The summed E-state index contributed by atoms with van der Waals surface area (Å²) < 4.78 is 4.17. The second-order valence-corrected chi connectivity index (χ2v) is 3.01. The van der Waals surface area contributed by atoms with Crippen molar-refractivity contribution >= 4 is 23.0 Å². The van der Waals surface area contributed by atoms with Crippen LogP contribution in [0.4, 0.5) is 4.79 Å². The molecule has 0 spiro atoms. The van der Waals surface area contributed by atoms with E-state index in [9.17, 15) is 9.59 Å². The topological polar surface area (TPSA) is 63.6 Å². The Balaban J connectivity index is 0. The van der Waals surface area contributed by atoms with E-state index in [1.54, 1.807) is 13.8 Å². The third kappa shape index (κ3) is 13.8. The van der Waals surface area contributed by atoms with E-state index in [1.807, 2.05) is 6.92 Å². The van der Waals surface area contributed by atoms with Crippen LogP contribution in [-0.2, 0) is 9.53 Å². The summed E-state index contributed by atoms with van der Waals surface area (Å²) in [5, 5.41) is 8.31. The lowest BCUT2D eigenvalue weighted by Crippen LogP contribution is -2.08. The number of carbonyl (C=O) groups is 2. The summed E-state index contributed by atoms with van der Waals surface area (Å²) in [5.41, 5.74) is -0.738. The van der Waals surface area contributed by atoms with Gasteiger partial charge < -0.3 is 9.84 Å². The molecule has 0 bridgehead atoms. The molecular weight excluding hydrogens is 208 g/mol. The maximum absolute atomic E-state index is 10.1. The van der Waals surface area contributed by atoms with Crippen molar-refractivity contribution in [2.45, 2.75) is 33.6 Å². The van der Waals surface area contributed by atoms with E-state index in [-0.39, 0.29) is 5.92 Å². The van der Waals surface area contributed by atoms with Crippen LogP contribution in [0.5, 0.6) is 0 Å². The molecule has 0 aromatic rings. The SMILES string of the molecule is CCCC(C)C(=O)O.CCOC(=O)Cl. The summed E-state index contributed by atoms with van der Waals surface area (Å²) in [4.78, 5) is 19.7. The van der Waals surface area contributed by atoms with E-state index in [0.717, 1.165) is 12.8 Å². The van der Waals surface area contributed by atoms with Crippen molar-refractivity contribution in [3.63, 3.8) is 0 Å². The number of carbonyl (C=O) groups excluding carboxylic acids is 1. The highest BCUT2D eigenvalue weighted by atomic mass is 35.5. The molecule has 0 saturated carbocycles. The van der Waals surface area contributed by atoms with Gasteiger partial charge in [0.05, 0.1) is 12.5 Å². The number of halogens is 1. The number of carboxylic acid groups (broad SMARTS) is 1. The van der Waals surface area contributed by atoms with E-state index in [2.05, 4.69) is 4.74 Å². The summed E-state index contributed by atoms with van der Waals surface area (Å²) in [5.74, 6) is -0.855. The molecule has 5 heteroatoms. The Hall–Kier alpha value is -0.770. The molecule has 0 amide bonds. The first-order valence-electron chi connectivity index (χ1n) is 4.50. The molecule has 0 aliphatic heterocycles. The zero-order valence-electron chi connectivity index (χ0n) is 8.75. The second-order valence-electron chi connectivity index (χ2n) is 2.70. The van der Waals surface area contributed by atoms with Crippen molar-refractivity contribution in [1.29, 1.82) is 0 Å². The highest BCUT2D eigenvalue weighted by Crippen LogP contribution is 2.03. The molecule has 1 unspecified atom stereocenters. The molecule has 84 valence electrons. The van der Waals surface area contributed by atoms with Crippen LogP contribution in [0.2, 0.25) is 0 Å². The Kier molecular flexibility index (Phi) is 11.6. The predicted molar refractivity (Wildman–Crippen MR) is 54.6 cm³/mol. The van der Waals surface area contributed by atoms with Gasteiger partial charge in [-0.25, -0.2) is 4.79 Å². The zero-order valence-corrected chi connectivity index (χ0v) is 9.50. The van der Waals surface area contributed by atoms with Crippen molar-refractivity contribution in [2.24, 2.45) is 5.92 Å². The van der Waals surface area contributed by atoms with Gasteiger partial charge in [0.25, 0.3) is 0 Å². The van der Waals surface area contributed by atoms with Crippen molar-refractivity contribution < 1.29 is 19.4 Å². The first-order valence-corrected chi connectivity index (χ1v) is 4.88. The van der Waals surface area contributed by atoms with Gasteiger partial charge in [-0.15, -0.1) is 0 Å². The molecule has 0 rings (SSSR count). The van der Waals surface area contributed by atoms with Crippen LogP contribution in [0.25, 0.3) is 0 Å². The summed E-state index contributed by atoms with van der Waals surface area (Å²) >= 11 is 4.72. The monoisotopic (exact) mass is 224 g/mol. The molecule has 0 heterocycles. The quantitative estimate of drug-likeness (QED) is 0.746. The van der Waals surface area contributed by atoms with E-state index in [4.69, 9.17) is 16.7 Å². The van der Waals surface area contributed by atoms with Gasteiger partial charge >= 0.3 is 11.4 Å². The average molecular weight is 225 g/mol. The fraction of sp³-hybridized carbons (Fsp3) is 0.778. The minimum atomic E-state index is -0.738. The highest BCUT2D eigenvalue weighted by molar-refractivity contribution is 6.61. The van der Waals surface area contributed by atoms with Crippen molar-refractivity contribution in [3.8, 4) is 0 Å². The van der Waals surface area contributed by atoms with Crippen LogP contribution >= 0.6 is 11.6 Å². The van der Waals surface area contributed by atoms with Crippen molar-refractivity contribution in [2.75, 3.05) is 6.61 Å². The standard InChI is InChI=1S/C6H12O2.C3H5ClO2/c1-3-4-5(2)6(7)8;1-2-6-3(4)5/h5H,3-4H2,1-2H3,(H,7,8);2H2,1H3. The summed E-state index contributed by atoms with van der Waals surface area (Å²) in [7, 11) is 0. The summed E-state index contributed by atoms with van der Waals surface area (Å²) in [6, 6.07) is 0. The van der Waals surface area contributed by atoms with Gasteiger partial charge in [0.2, 0.25) is 0 Å². The molecule has 0 radical (unpaired) electrons. The second kappa shape index (κ2) is 10.3. The largest absolute Gasteiger partial charge is 0.481 e. The molecule has 0 fully saturated rings. The summed E-state index contributed by atoms with van der Waals surface area (Å²) in [6.45, 7) is 5.76. The van der Waals surface area contributed by atoms with Crippen molar-refractivity contribution in [1.82, 2.24) is 0 Å². The van der Waals surface area contributed by atoms with Gasteiger partial charge in [0, 0.05) is 11.6 Å². The molecule has 0 saturated heterocycles. The first kappa shape index (κ1) is 15.7. The molecule has 1 N–H and O–H groups in total. The van der Waals surface area contributed by atoms with Crippen LogP contribution in [0.3, 0.4) is 0 Å². The fourth-order valence-corrected chi connectivity index (χ4v) is 0.779. The number of carboxylic acids is 1. The lowest BCUT2D eigenvalue weighted by molar-refractivity contribution is -0.141. The molecule has 0 aromatic carbocycles. The Morgan fingerprint density at radius 1 is 1.43 bits per heavy atom. The van der Waals surface area contributed by atoms with Gasteiger partial charge in [-0.05, 0) is 13.3 Å². The molecule has 4 nitrogen and oxygen atoms in total. The Labute approximate surface area is 89.2 Å². The van der Waals surface area contributed by atoms with Gasteiger partial charge in [0.1, 0.15) is 0 Å². The number of hydrogen-bond acceptors (Lipinski definition) is 3. The molecule has 0 aromatic heterocycles. The smallest absolute Gasteiger partial charge is 0.403 e. The lowest BCUT2D eigenvalue weighted by atomic mass is 10.1. The molecular formula is C9H17ClO4. The number of ether oxygens (including phenoxy) is 1. The fourth-order valence-electron chi connectivity index (χ4n) is 0.670. The van der Waals surface area contributed by atoms with E-state index >= 15 is 0 Å². The van der Waals surface area contributed by atoms with Crippen LogP contribution in [0.15, 0.2) is 0 Å². The number of rotatable bonds is 4. The minimum Gasteiger partial charge on any atom is -0.481 e. The number of hydrogen-bond donors (Lipinski definition) is 1. The normalized spacial score (nSPS) is 10.9. The molecule has 0 aliphatic rings. The van der Waals surface area contributed by atoms with Crippen LogP contribution in [0.1, 0.15) is 33.6 Å². The van der Waals surface area contributed by atoms with E-state index in [1.165, 1.54) is 0 Å². The van der Waals surface area contributed by atoms with E-state index < -0.39 is 11.4 Å². The lowest BCUT2D eigenvalue weighted by Gasteiger charge is -2.00. The third-order valence-electron chi connectivity index (χ3n) is 1.40. The zero-order chi connectivity index (χ0) is 11.6.